The van der Waals surface area contributed by atoms with Gasteiger partial charge in [-0.15, -0.1) is 0 Å². The lowest BCUT2D eigenvalue weighted by Gasteiger charge is -2.18. The van der Waals surface area contributed by atoms with Gasteiger partial charge in [-0.25, -0.2) is 4.98 Å². The zero-order valence-electron chi connectivity index (χ0n) is 18.2. The summed E-state index contributed by atoms with van der Waals surface area (Å²) in [5, 5.41) is 1.07. The van der Waals surface area contributed by atoms with Crippen LogP contribution in [0.5, 0.6) is 0 Å². The average molecular weight is 444 g/mol. The summed E-state index contributed by atoms with van der Waals surface area (Å²) in [6, 6.07) is 25.1. The first-order chi connectivity index (χ1) is 15.6. The van der Waals surface area contributed by atoms with Gasteiger partial charge in [-0.05, 0) is 41.8 Å². The van der Waals surface area contributed by atoms with E-state index in [2.05, 4.69) is 6.92 Å². The third-order valence-electron chi connectivity index (χ3n) is 5.36. The van der Waals surface area contributed by atoms with Crippen molar-refractivity contribution in [2.24, 2.45) is 0 Å². The van der Waals surface area contributed by atoms with E-state index in [0.29, 0.717) is 22.6 Å². The van der Waals surface area contributed by atoms with E-state index >= 15 is 0 Å². The topological polar surface area (TPSA) is 55.2 Å². The molecule has 0 radical (unpaired) electrons. The molecule has 0 saturated carbocycles. The number of hydrogen-bond acceptors (Lipinski definition) is 4. The molecule has 0 spiro atoms. The Morgan fingerprint density at radius 3 is 2.34 bits per heavy atom. The Kier molecular flexibility index (Phi) is 6.71. The van der Waals surface area contributed by atoms with Gasteiger partial charge in [-0.1, -0.05) is 73.3 Å². The van der Waals surface area contributed by atoms with Gasteiger partial charge in [0.15, 0.2) is 5.16 Å². The number of thioether (sulfide) groups is 1. The Balaban J connectivity index is 1.63. The molecule has 5 nitrogen and oxygen atoms in total. The fourth-order valence-corrected chi connectivity index (χ4v) is 4.45. The predicted molar refractivity (Wildman–Crippen MR) is 130 cm³/mol. The predicted octanol–water partition coefficient (Wildman–Crippen LogP) is 4.70. The van der Waals surface area contributed by atoms with Crippen LogP contribution in [0.4, 0.5) is 0 Å². The first-order valence-corrected chi connectivity index (χ1v) is 11.6. The minimum atomic E-state index is -0.132. The maximum absolute atomic E-state index is 13.3. The van der Waals surface area contributed by atoms with Crippen molar-refractivity contribution in [3.8, 4) is 5.69 Å². The highest BCUT2D eigenvalue weighted by Crippen LogP contribution is 2.22. The number of nitrogens with zero attached hydrogens (tertiary/aromatic N) is 3. The SMILES string of the molecule is CCc1ccc(-n2c(SCC(=O)N(C)Cc3ccccc3)nc3ccccc3c2=O)cc1. The number of benzene rings is 3. The summed E-state index contributed by atoms with van der Waals surface area (Å²) >= 11 is 1.29. The van der Waals surface area contributed by atoms with E-state index in [4.69, 9.17) is 4.98 Å². The summed E-state index contributed by atoms with van der Waals surface area (Å²) in [5.41, 5.74) is 3.52. The van der Waals surface area contributed by atoms with Gasteiger partial charge < -0.3 is 4.90 Å². The molecule has 3 aromatic carbocycles. The highest BCUT2D eigenvalue weighted by atomic mass is 32.2. The number of rotatable bonds is 7. The number of para-hydroxylation sites is 1. The Hall–Kier alpha value is -3.38. The van der Waals surface area contributed by atoms with Gasteiger partial charge in [0.1, 0.15) is 0 Å². The molecule has 0 bridgehead atoms. The molecule has 0 aliphatic carbocycles. The van der Waals surface area contributed by atoms with E-state index in [1.165, 1.54) is 17.3 Å². The molecule has 0 unspecified atom stereocenters. The van der Waals surface area contributed by atoms with Crippen molar-refractivity contribution in [3.63, 3.8) is 0 Å². The highest BCUT2D eigenvalue weighted by Gasteiger charge is 2.16. The van der Waals surface area contributed by atoms with Gasteiger partial charge in [0, 0.05) is 13.6 Å². The molecule has 1 amide bonds. The molecule has 4 aromatic rings. The summed E-state index contributed by atoms with van der Waals surface area (Å²) in [4.78, 5) is 32.6. The molecule has 0 aliphatic heterocycles. The molecule has 1 heterocycles. The number of aryl methyl sites for hydroxylation is 1. The molecule has 0 saturated heterocycles. The molecule has 4 rings (SSSR count). The lowest BCUT2D eigenvalue weighted by Crippen LogP contribution is -2.28. The number of hydrogen-bond donors (Lipinski definition) is 0. The van der Waals surface area contributed by atoms with E-state index in [-0.39, 0.29) is 17.2 Å². The van der Waals surface area contributed by atoms with Crippen LogP contribution < -0.4 is 5.56 Å². The Bertz CT molecular complexity index is 1280. The summed E-state index contributed by atoms with van der Waals surface area (Å²) in [7, 11) is 1.79. The van der Waals surface area contributed by atoms with Crippen molar-refractivity contribution >= 4 is 28.6 Å². The summed E-state index contributed by atoms with van der Waals surface area (Å²) in [6.07, 6.45) is 0.926. The number of carbonyl (C=O) groups is 1. The Morgan fingerprint density at radius 2 is 1.62 bits per heavy atom. The standard InChI is InChI=1S/C26H25N3O2S/c1-3-19-13-15-21(16-14-19)29-25(31)22-11-7-8-12-23(22)27-26(29)32-18-24(30)28(2)17-20-9-5-4-6-10-20/h4-16H,3,17-18H2,1-2H3. The second kappa shape index (κ2) is 9.83. The molecule has 1 aromatic heterocycles. The second-order valence-corrected chi connectivity index (χ2v) is 8.54. The van der Waals surface area contributed by atoms with Crippen LogP contribution in [-0.4, -0.2) is 33.2 Å². The average Bonchev–Trinajstić information content (AvgIpc) is 2.83. The monoisotopic (exact) mass is 443 g/mol. The first-order valence-electron chi connectivity index (χ1n) is 10.6. The fraction of sp³-hybridized carbons (Fsp3) is 0.192. The Morgan fingerprint density at radius 1 is 0.938 bits per heavy atom. The summed E-state index contributed by atoms with van der Waals surface area (Å²) < 4.78 is 1.61. The van der Waals surface area contributed by atoms with Crippen molar-refractivity contribution in [1.82, 2.24) is 14.5 Å². The van der Waals surface area contributed by atoms with Crippen molar-refractivity contribution < 1.29 is 4.79 Å². The van der Waals surface area contributed by atoms with Gasteiger partial charge in [0.05, 0.1) is 22.3 Å². The van der Waals surface area contributed by atoms with E-state index in [0.717, 1.165) is 17.7 Å². The van der Waals surface area contributed by atoms with Crippen LogP contribution in [-0.2, 0) is 17.8 Å². The highest BCUT2D eigenvalue weighted by molar-refractivity contribution is 7.99. The fourth-order valence-electron chi connectivity index (χ4n) is 3.50. The van der Waals surface area contributed by atoms with Crippen LogP contribution in [0.1, 0.15) is 18.1 Å². The van der Waals surface area contributed by atoms with E-state index in [1.807, 2.05) is 72.8 Å². The molecule has 0 N–H and O–H groups in total. The van der Waals surface area contributed by atoms with E-state index in [9.17, 15) is 9.59 Å². The second-order valence-electron chi connectivity index (χ2n) is 7.60. The molecule has 0 aliphatic rings. The minimum Gasteiger partial charge on any atom is -0.341 e. The lowest BCUT2D eigenvalue weighted by molar-refractivity contribution is -0.127. The number of aromatic nitrogens is 2. The van der Waals surface area contributed by atoms with Crippen LogP contribution in [0.25, 0.3) is 16.6 Å². The summed E-state index contributed by atoms with van der Waals surface area (Å²) in [5.74, 6) is 0.176. The third kappa shape index (κ3) is 4.75. The third-order valence-corrected chi connectivity index (χ3v) is 6.28. The molecular weight excluding hydrogens is 418 g/mol. The maximum atomic E-state index is 13.3. The van der Waals surface area contributed by atoms with Gasteiger partial charge >= 0.3 is 0 Å². The van der Waals surface area contributed by atoms with Gasteiger partial charge in [-0.3, -0.25) is 14.2 Å². The molecule has 32 heavy (non-hydrogen) atoms. The lowest BCUT2D eigenvalue weighted by atomic mass is 10.1. The normalized spacial score (nSPS) is 10.9. The van der Waals surface area contributed by atoms with Crippen LogP contribution >= 0.6 is 11.8 Å². The molecule has 0 atom stereocenters. The smallest absolute Gasteiger partial charge is 0.266 e. The van der Waals surface area contributed by atoms with Crippen LogP contribution in [0, 0.1) is 0 Å². The molecule has 0 fully saturated rings. The van der Waals surface area contributed by atoms with Crippen molar-refractivity contribution in [1.29, 1.82) is 0 Å². The molecule has 162 valence electrons. The minimum absolute atomic E-state index is 0.0193. The van der Waals surface area contributed by atoms with Crippen molar-refractivity contribution in [3.05, 3.63) is 100 Å². The largest absolute Gasteiger partial charge is 0.341 e. The van der Waals surface area contributed by atoms with Crippen LogP contribution in [0.3, 0.4) is 0 Å². The van der Waals surface area contributed by atoms with Gasteiger partial charge in [0.2, 0.25) is 5.91 Å². The maximum Gasteiger partial charge on any atom is 0.266 e. The zero-order chi connectivity index (χ0) is 22.5. The van der Waals surface area contributed by atoms with E-state index < -0.39 is 0 Å². The summed E-state index contributed by atoms with van der Waals surface area (Å²) in [6.45, 7) is 2.63. The number of carbonyl (C=O) groups excluding carboxylic acids is 1. The molecule has 6 heteroatoms. The van der Waals surface area contributed by atoms with Crippen molar-refractivity contribution in [2.45, 2.75) is 25.0 Å². The number of fused-ring (bicyclic) bond motifs is 1. The van der Waals surface area contributed by atoms with Gasteiger partial charge in [0.25, 0.3) is 5.56 Å². The number of amides is 1. The molecular formula is C26H25N3O2S. The van der Waals surface area contributed by atoms with Crippen LogP contribution in [0.2, 0.25) is 0 Å². The van der Waals surface area contributed by atoms with Crippen LogP contribution in [0.15, 0.2) is 88.8 Å². The first kappa shape index (κ1) is 21.8. The Labute approximate surface area is 191 Å². The van der Waals surface area contributed by atoms with E-state index in [1.54, 1.807) is 22.6 Å². The van der Waals surface area contributed by atoms with Crippen molar-refractivity contribution in [2.75, 3.05) is 12.8 Å². The zero-order valence-corrected chi connectivity index (χ0v) is 19.0. The van der Waals surface area contributed by atoms with Gasteiger partial charge in [-0.2, -0.15) is 0 Å². The quantitative estimate of drug-likeness (QED) is 0.307.